The number of hydrogen-bond donors (Lipinski definition) is 3. The SMILES string of the molecule is CN1CCN(c2cc3[nH]c(=O)[nH]c3cc2NC(=O)c2cccc([N+](=O)[O-])c2)CC1. The number of nitrogens with zero attached hydrogens (tertiary/aromatic N) is 3. The summed E-state index contributed by atoms with van der Waals surface area (Å²) in [4.78, 5) is 44.7. The fraction of sp³-hybridized carbons (Fsp3) is 0.263. The average Bonchev–Trinajstić information content (AvgIpc) is 3.07. The standard InChI is InChI=1S/C19H20N6O4/c1-23-5-7-24(8-6-23)17-11-15-14(21-19(27)22-15)10-16(17)20-18(26)12-3-2-4-13(9-12)25(28)29/h2-4,9-11H,5-8H2,1H3,(H,20,26)(H2,21,22,27). The van der Waals surface area contributed by atoms with E-state index >= 15 is 0 Å². The number of fused-ring (bicyclic) bond motifs is 1. The van der Waals surface area contributed by atoms with E-state index in [0.29, 0.717) is 16.7 Å². The number of imidazole rings is 1. The lowest BCUT2D eigenvalue weighted by Crippen LogP contribution is -2.44. The molecule has 0 radical (unpaired) electrons. The summed E-state index contributed by atoms with van der Waals surface area (Å²) in [6.07, 6.45) is 0. The van der Waals surface area contributed by atoms with Crippen molar-refractivity contribution in [2.45, 2.75) is 0 Å². The number of anilines is 2. The number of carbonyl (C=O) groups excluding carboxylic acids is 1. The Labute approximate surface area is 165 Å². The van der Waals surface area contributed by atoms with Crippen LogP contribution in [0.15, 0.2) is 41.2 Å². The van der Waals surface area contributed by atoms with E-state index in [2.05, 4.69) is 32.1 Å². The minimum absolute atomic E-state index is 0.151. The van der Waals surface area contributed by atoms with Crippen molar-refractivity contribution in [1.82, 2.24) is 14.9 Å². The normalized spacial score (nSPS) is 14.9. The summed E-state index contributed by atoms with van der Waals surface area (Å²) in [5.74, 6) is -0.457. The molecule has 1 aromatic heterocycles. The minimum atomic E-state index is -0.539. The quantitative estimate of drug-likeness (QED) is 0.456. The molecule has 0 spiro atoms. The van der Waals surface area contributed by atoms with Gasteiger partial charge in [0, 0.05) is 43.9 Å². The van der Waals surface area contributed by atoms with Gasteiger partial charge in [-0.1, -0.05) is 6.07 Å². The van der Waals surface area contributed by atoms with Crippen molar-refractivity contribution in [2.75, 3.05) is 43.4 Å². The Morgan fingerprint density at radius 1 is 1.10 bits per heavy atom. The molecule has 10 heteroatoms. The summed E-state index contributed by atoms with van der Waals surface area (Å²) in [7, 11) is 2.05. The molecule has 0 bridgehead atoms. The number of rotatable bonds is 4. The summed E-state index contributed by atoms with van der Waals surface area (Å²) >= 11 is 0. The fourth-order valence-corrected chi connectivity index (χ4v) is 3.44. The minimum Gasteiger partial charge on any atom is -0.367 e. The molecule has 0 atom stereocenters. The number of carbonyl (C=O) groups is 1. The topological polar surface area (TPSA) is 127 Å². The number of nitrogens with one attached hydrogen (secondary N) is 3. The maximum Gasteiger partial charge on any atom is 0.323 e. The molecule has 0 aliphatic carbocycles. The molecular formula is C19H20N6O4. The molecule has 2 aromatic carbocycles. The second-order valence-corrected chi connectivity index (χ2v) is 7.05. The van der Waals surface area contributed by atoms with Gasteiger partial charge in [0.1, 0.15) is 0 Å². The molecule has 1 aliphatic rings. The van der Waals surface area contributed by atoms with E-state index in [1.807, 2.05) is 6.07 Å². The Bertz CT molecular complexity index is 1140. The zero-order chi connectivity index (χ0) is 20.5. The largest absolute Gasteiger partial charge is 0.367 e. The molecule has 1 amide bonds. The van der Waals surface area contributed by atoms with E-state index < -0.39 is 10.8 Å². The van der Waals surface area contributed by atoms with Crippen molar-refractivity contribution < 1.29 is 9.72 Å². The Balaban J connectivity index is 1.70. The van der Waals surface area contributed by atoms with Gasteiger partial charge in [0.15, 0.2) is 0 Å². The van der Waals surface area contributed by atoms with Crippen LogP contribution in [0.2, 0.25) is 0 Å². The molecule has 1 saturated heterocycles. The van der Waals surface area contributed by atoms with Gasteiger partial charge in [-0.2, -0.15) is 0 Å². The predicted octanol–water partition coefficient (Wildman–Crippen LogP) is 1.77. The molecule has 0 unspecified atom stereocenters. The first-order valence-corrected chi connectivity index (χ1v) is 9.16. The highest BCUT2D eigenvalue weighted by Gasteiger charge is 2.20. The van der Waals surface area contributed by atoms with E-state index in [0.717, 1.165) is 31.9 Å². The highest BCUT2D eigenvalue weighted by atomic mass is 16.6. The number of H-pyrrole nitrogens is 2. The van der Waals surface area contributed by atoms with Gasteiger partial charge >= 0.3 is 5.69 Å². The average molecular weight is 396 g/mol. The van der Waals surface area contributed by atoms with Gasteiger partial charge in [0.25, 0.3) is 11.6 Å². The van der Waals surface area contributed by atoms with Crippen molar-refractivity contribution >= 4 is 34.0 Å². The fourth-order valence-electron chi connectivity index (χ4n) is 3.44. The Kier molecular flexibility index (Phi) is 4.77. The van der Waals surface area contributed by atoms with E-state index in [1.54, 1.807) is 6.07 Å². The molecule has 4 rings (SSSR count). The highest BCUT2D eigenvalue weighted by molar-refractivity contribution is 6.07. The molecule has 10 nitrogen and oxygen atoms in total. The van der Waals surface area contributed by atoms with Crippen LogP contribution < -0.4 is 15.9 Å². The number of likely N-dealkylation sites (N-methyl/N-ethyl adjacent to an activating group) is 1. The summed E-state index contributed by atoms with van der Waals surface area (Å²) in [5.41, 5.74) is 2.26. The van der Waals surface area contributed by atoms with Crippen LogP contribution in [-0.2, 0) is 0 Å². The molecule has 29 heavy (non-hydrogen) atoms. The first kappa shape index (κ1) is 18.7. The summed E-state index contributed by atoms with van der Waals surface area (Å²) in [6.45, 7) is 3.30. The summed E-state index contributed by atoms with van der Waals surface area (Å²) in [5, 5.41) is 13.8. The Morgan fingerprint density at radius 3 is 2.48 bits per heavy atom. The molecular weight excluding hydrogens is 376 g/mol. The van der Waals surface area contributed by atoms with Gasteiger partial charge in [0.05, 0.1) is 27.3 Å². The molecule has 3 aromatic rings. The third kappa shape index (κ3) is 3.83. The number of nitro benzene ring substituents is 1. The highest BCUT2D eigenvalue weighted by Crippen LogP contribution is 2.31. The van der Waals surface area contributed by atoms with Gasteiger partial charge in [-0.05, 0) is 25.2 Å². The first-order valence-electron chi connectivity index (χ1n) is 9.16. The monoisotopic (exact) mass is 396 g/mol. The maximum atomic E-state index is 12.8. The van der Waals surface area contributed by atoms with Crippen LogP contribution >= 0.6 is 0 Å². The number of aromatic amines is 2. The Hall–Kier alpha value is -3.66. The van der Waals surface area contributed by atoms with Crippen LogP contribution in [0.25, 0.3) is 11.0 Å². The van der Waals surface area contributed by atoms with E-state index in [-0.39, 0.29) is 16.9 Å². The predicted molar refractivity (Wildman–Crippen MR) is 110 cm³/mol. The lowest BCUT2D eigenvalue weighted by atomic mass is 10.1. The van der Waals surface area contributed by atoms with Gasteiger partial charge < -0.3 is 25.1 Å². The third-order valence-corrected chi connectivity index (χ3v) is 5.04. The second kappa shape index (κ2) is 7.40. The smallest absolute Gasteiger partial charge is 0.323 e. The van der Waals surface area contributed by atoms with Crippen molar-refractivity contribution in [3.8, 4) is 0 Å². The molecule has 150 valence electrons. The number of amides is 1. The van der Waals surface area contributed by atoms with Crippen LogP contribution in [-0.4, -0.2) is 58.9 Å². The van der Waals surface area contributed by atoms with Crippen LogP contribution in [0.5, 0.6) is 0 Å². The van der Waals surface area contributed by atoms with Gasteiger partial charge in [-0.3, -0.25) is 14.9 Å². The number of aromatic nitrogens is 2. The zero-order valence-electron chi connectivity index (χ0n) is 15.8. The van der Waals surface area contributed by atoms with Crippen molar-refractivity contribution in [3.05, 3.63) is 62.6 Å². The van der Waals surface area contributed by atoms with Crippen molar-refractivity contribution in [1.29, 1.82) is 0 Å². The molecule has 2 heterocycles. The van der Waals surface area contributed by atoms with Crippen molar-refractivity contribution in [3.63, 3.8) is 0 Å². The Morgan fingerprint density at radius 2 is 1.79 bits per heavy atom. The number of benzene rings is 2. The van der Waals surface area contributed by atoms with Crippen LogP contribution in [0.4, 0.5) is 17.1 Å². The van der Waals surface area contributed by atoms with E-state index in [4.69, 9.17) is 0 Å². The third-order valence-electron chi connectivity index (χ3n) is 5.04. The lowest BCUT2D eigenvalue weighted by molar-refractivity contribution is -0.384. The van der Waals surface area contributed by atoms with Gasteiger partial charge in [-0.25, -0.2) is 4.79 Å². The second-order valence-electron chi connectivity index (χ2n) is 7.05. The number of nitro groups is 1. The maximum absolute atomic E-state index is 12.8. The first-order chi connectivity index (χ1) is 13.9. The number of hydrogen-bond acceptors (Lipinski definition) is 6. The van der Waals surface area contributed by atoms with Crippen molar-refractivity contribution in [2.24, 2.45) is 0 Å². The summed E-state index contributed by atoms with van der Waals surface area (Å²) in [6, 6.07) is 9.11. The van der Waals surface area contributed by atoms with Crippen LogP contribution in [0.1, 0.15) is 10.4 Å². The summed E-state index contributed by atoms with van der Waals surface area (Å²) < 4.78 is 0. The van der Waals surface area contributed by atoms with Gasteiger partial charge in [-0.15, -0.1) is 0 Å². The van der Waals surface area contributed by atoms with E-state index in [9.17, 15) is 19.7 Å². The van der Waals surface area contributed by atoms with Crippen LogP contribution in [0.3, 0.4) is 0 Å². The zero-order valence-corrected chi connectivity index (χ0v) is 15.8. The number of piperazine rings is 1. The van der Waals surface area contributed by atoms with E-state index in [1.165, 1.54) is 24.3 Å². The van der Waals surface area contributed by atoms with Crippen LogP contribution in [0, 0.1) is 10.1 Å². The molecule has 3 N–H and O–H groups in total. The molecule has 1 aliphatic heterocycles. The molecule has 1 fully saturated rings. The lowest BCUT2D eigenvalue weighted by Gasteiger charge is -2.35. The molecule has 0 saturated carbocycles. The van der Waals surface area contributed by atoms with Gasteiger partial charge in [0.2, 0.25) is 0 Å². The number of non-ortho nitro benzene ring substituents is 1.